The van der Waals surface area contributed by atoms with Crippen molar-refractivity contribution in [2.45, 2.75) is 26.8 Å². The van der Waals surface area contributed by atoms with Crippen molar-refractivity contribution in [2.75, 3.05) is 26.2 Å². The zero-order chi connectivity index (χ0) is 12.1. The van der Waals surface area contributed by atoms with Crippen molar-refractivity contribution in [3.63, 3.8) is 0 Å². The highest BCUT2D eigenvalue weighted by Gasteiger charge is 2.23. The van der Waals surface area contributed by atoms with Crippen LogP contribution in [0.5, 0.6) is 0 Å². The molecule has 0 spiro atoms. The fourth-order valence-corrected chi connectivity index (χ4v) is 2.45. The van der Waals surface area contributed by atoms with Gasteiger partial charge in [-0.3, -0.25) is 9.88 Å². The first-order valence-corrected chi connectivity index (χ1v) is 6.49. The van der Waals surface area contributed by atoms with Gasteiger partial charge in [-0.2, -0.15) is 0 Å². The summed E-state index contributed by atoms with van der Waals surface area (Å²) in [5.41, 5.74) is 1.52. The van der Waals surface area contributed by atoms with E-state index in [-0.39, 0.29) is 0 Å². The molecular formula is C14H23N3. The van der Waals surface area contributed by atoms with E-state index in [4.69, 9.17) is 0 Å². The van der Waals surface area contributed by atoms with Crippen LogP contribution in [-0.2, 0) is 6.54 Å². The lowest BCUT2D eigenvalue weighted by Gasteiger charge is -2.35. The van der Waals surface area contributed by atoms with Crippen LogP contribution in [0.2, 0.25) is 0 Å². The van der Waals surface area contributed by atoms with Gasteiger partial charge in [0.05, 0.1) is 5.69 Å². The van der Waals surface area contributed by atoms with Crippen LogP contribution in [-0.4, -0.2) is 36.1 Å². The number of nitrogens with zero attached hydrogens (tertiary/aromatic N) is 2. The molecule has 0 aromatic carbocycles. The molecule has 2 heterocycles. The molecule has 0 bridgehead atoms. The van der Waals surface area contributed by atoms with Crippen molar-refractivity contribution in [1.82, 2.24) is 15.2 Å². The maximum Gasteiger partial charge on any atom is 0.0543 e. The Morgan fingerprint density at radius 3 is 3.06 bits per heavy atom. The number of nitrogens with one attached hydrogen (secondary N) is 1. The molecule has 0 aliphatic carbocycles. The SMILES string of the molecule is CC1(C)CNCCCN(Cc2ccccn2)C1. The van der Waals surface area contributed by atoms with E-state index in [2.05, 4.69) is 41.2 Å². The molecule has 1 aliphatic rings. The molecule has 0 saturated carbocycles. The van der Waals surface area contributed by atoms with Gasteiger partial charge in [-0.15, -0.1) is 0 Å². The average molecular weight is 233 g/mol. The Bertz CT molecular complexity index is 335. The second kappa shape index (κ2) is 5.61. The zero-order valence-corrected chi connectivity index (χ0v) is 10.9. The summed E-state index contributed by atoms with van der Waals surface area (Å²) in [6.07, 6.45) is 3.11. The van der Waals surface area contributed by atoms with Gasteiger partial charge in [0.1, 0.15) is 0 Å². The molecule has 17 heavy (non-hydrogen) atoms. The maximum atomic E-state index is 4.42. The normalized spacial score (nSPS) is 21.8. The van der Waals surface area contributed by atoms with Crippen LogP contribution in [0.3, 0.4) is 0 Å². The Balaban J connectivity index is 1.98. The Kier molecular flexibility index (Phi) is 4.13. The summed E-state index contributed by atoms with van der Waals surface area (Å²) in [6.45, 7) is 10.2. The van der Waals surface area contributed by atoms with E-state index in [1.165, 1.54) is 12.1 Å². The zero-order valence-electron chi connectivity index (χ0n) is 10.9. The van der Waals surface area contributed by atoms with Gasteiger partial charge in [0.2, 0.25) is 0 Å². The Morgan fingerprint density at radius 2 is 2.29 bits per heavy atom. The summed E-state index contributed by atoms with van der Waals surface area (Å²) >= 11 is 0. The Hall–Kier alpha value is -0.930. The van der Waals surface area contributed by atoms with E-state index >= 15 is 0 Å². The fraction of sp³-hybridized carbons (Fsp3) is 0.643. The largest absolute Gasteiger partial charge is 0.316 e. The van der Waals surface area contributed by atoms with E-state index < -0.39 is 0 Å². The highest BCUT2D eigenvalue weighted by Crippen LogP contribution is 2.18. The Labute approximate surface area is 104 Å². The lowest BCUT2D eigenvalue weighted by Crippen LogP contribution is -2.44. The quantitative estimate of drug-likeness (QED) is 0.845. The molecule has 1 aromatic heterocycles. The molecule has 0 radical (unpaired) electrons. The van der Waals surface area contributed by atoms with Crippen molar-refractivity contribution in [3.05, 3.63) is 30.1 Å². The second-order valence-corrected chi connectivity index (χ2v) is 5.73. The molecule has 1 aliphatic heterocycles. The van der Waals surface area contributed by atoms with Crippen LogP contribution in [0.1, 0.15) is 26.0 Å². The van der Waals surface area contributed by atoms with Crippen molar-refractivity contribution >= 4 is 0 Å². The monoisotopic (exact) mass is 233 g/mol. The number of aromatic nitrogens is 1. The lowest BCUT2D eigenvalue weighted by molar-refractivity contribution is 0.149. The van der Waals surface area contributed by atoms with E-state index in [1.54, 1.807) is 0 Å². The first-order chi connectivity index (χ1) is 8.16. The van der Waals surface area contributed by atoms with Gasteiger partial charge in [-0.1, -0.05) is 19.9 Å². The van der Waals surface area contributed by atoms with Gasteiger partial charge < -0.3 is 5.32 Å². The van der Waals surface area contributed by atoms with Crippen molar-refractivity contribution in [2.24, 2.45) is 5.41 Å². The molecule has 94 valence electrons. The third kappa shape index (κ3) is 4.10. The minimum atomic E-state index is 0.342. The molecule has 3 heteroatoms. The third-order valence-corrected chi connectivity index (χ3v) is 3.19. The van der Waals surface area contributed by atoms with Crippen molar-refractivity contribution in [1.29, 1.82) is 0 Å². The summed E-state index contributed by atoms with van der Waals surface area (Å²) in [5, 5.41) is 3.52. The molecule has 1 fully saturated rings. The van der Waals surface area contributed by atoms with Gasteiger partial charge in [0.25, 0.3) is 0 Å². The lowest BCUT2D eigenvalue weighted by atomic mass is 9.91. The first-order valence-electron chi connectivity index (χ1n) is 6.49. The van der Waals surface area contributed by atoms with Crippen molar-refractivity contribution < 1.29 is 0 Å². The predicted octanol–water partition coefficient (Wildman–Crippen LogP) is 1.90. The molecule has 1 aromatic rings. The number of rotatable bonds is 2. The van der Waals surface area contributed by atoms with Crippen LogP contribution in [0.4, 0.5) is 0 Å². The minimum absolute atomic E-state index is 0.342. The summed E-state index contributed by atoms with van der Waals surface area (Å²) in [5.74, 6) is 0. The van der Waals surface area contributed by atoms with Crippen LogP contribution < -0.4 is 5.32 Å². The molecule has 0 unspecified atom stereocenters. The number of hydrogen-bond acceptors (Lipinski definition) is 3. The van der Waals surface area contributed by atoms with Crippen LogP contribution >= 0.6 is 0 Å². The molecular weight excluding hydrogens is 210 g/mol. The molecule has 2 rings (SSSR count). The van der Waals surface area contributed by atoms with E-state index in [0.29, 0.717) is 5.41 Å². The molecule has 1 saturated heterocycles. The number of pyridine rings is 1. The van der Waals surface area contributed by atoms with Gasteiger partial charge in [0.15, 0.2) is 0 Å². The Morgan fingerprint density at radius 1 is 1.41 bits per heavy atom. The predicted molar refractivity (Wildman–Crippen MR) is 70.8 cm³/mol. The highest BCUT2D eigenvalue weighted by molar-refractivity contribution is 5.03. The van der Waals surface area contributed by atoms with E-state index in [1.807, 2.05) is 12.3 Å². The summed E-state index contributed by atoms with van der Waals surface area (Å²) in [7, 11) is 0. The summed E-state index contributed by atoms with van der Waals surface area (Å²) in [4.78, 5) is 6.95. The van der Waals surface area contributed by atoms with Gasteiger partial charge in [-0.25, -0.2) is 0 Å². The van der Waals surface area contributed by atoms with Crippen LogP contribution in [0, 0.1) is 5.41 Å². The standard InChI is InChI=1S/C14H23N3/c1-14(2)11-15-7-5-9-17(12-14)10-13-6-3-4-8-16-13/h3-4,6,8,15H,5,7,9-12H2,1-2H3. The molecule has 1 N–H and O–H groups in total. The van der Waals surface area contributed by atoms with E-state index in [0.717, 1.165) is 32.7 Å². The third-order valence-electron chi connectivity index (χ3n) is 3.19. The maximum absolute atomic E-state index is 4.42. The average Bonchev–Trinajstić information content (AvgIpc) is 2.27. The van der Waals surface area contributed by atoms with Gasteiger partial charge >= 0.3 is 0 Å². The number of hydrogen-bond donors (Lipinski definition) is 1. The smallest absolute Gasteiger partial charge is 0.0543 e. The summed E-state index contributed by atoms with van der Waals surface area (Å²) in [6, 6.07) is 6.16. The van der Waals surface area contributed by atoms with Gasteiger partial charge in [0, 0.05) is 25.8 Å². The van der Waals surface area contributed by atoms with Gasteiger partial charge in [-0.05, 0) is 37.1 Å². The molecule has 0 amide bonds. The molecule has 3 nitrogen and oxygen atoms in total. The first kappa shape index (κ1) is 12.5. The van der Waals surface area contributed by atoms with Crippen LogP contribution in [0.15, 0.2) is 24.4 Å². The molecule has 0 atom stereocenters. The fourth-order valence-electron chi connectivity index (χ4n) is 2.45. The van der Waals surface area contributed by atoms with Crippen LogP contribution in [0.25, 0.3) is 0 Å². The summed E-state index contributed by atoms with van der Waals surface area (Å²) < 4.78 is 0. The second-order valence-electron chi connectivity index (χ2n) is 5.73. The minimum Gasteiger partial charge on any atom is -0.316 e. The highest BCUT2D eigenvalue weighted by atomic mass is 15.1. The van der Waals surface area contributed by atoms with Crippen molar-refractivity contribution in [3.8, 4) is 0 Å². The topological polar surface area (TPSA) is 28.2 Å². The van der Waals surface area contributed by atoms with E-state index in [9.17, 15) is 0 Å².